The number of nitrogens with zero attached hydrogens (tertiary/aromatic N) is 2. The minimum absolute atomic E-state index is 0.110. The van der Waals surface area contributed by atoms with Gasteiger partial charge in [-0.05, 0) is 24.3 Å². The average Bonchev–Trinajstić information content (AvgIpc) is 2.75. The van der Waals surface area contributed by atoms with Crippen LogP contribution in [0.5, 0.6) is 5.75 Å². The van der Waals surface area contributed by atoms with Crippen LogP contribution in [-0.4, -0.2) is 22.5 Å². The first-order valence-corrected chi connectivity index (χ1v) is 5.25. The molecule has 1 N–H and O–H groups in total. The Morgan fingerprint density at radius 1 is 1.32 bits per heavy atom. The fraction of sp³-hybridized carbons (Fsp3) is 0.182. The van der Waals surface area contributed by atoms with E-state index in [1.165, 1.54) is 10.9 Å². The first-order valence-electron chi connectivity index (χ1n) is 5.25. The molecule has 0 aliphatic carbocycles. The van der Waals surface area contributed by atoms with Crippen molar-refractivity contribution in [3.63, 3.8) is 0 Å². The van der Waals surface area contributed by atoms with Gasteiger partial charge in [0.25, 0.3) is 0 Å². The van der Waals surface area contributed by atoms with E-state index in [0.29, 0.717) is 13.4 Å². The second kappa shape index (κ2) is 4.97. The molecule has 0 unspecified atom stereocenters. The van der Waals surface area contributed by atoms with Crippen LogP contribution in [0.2, 0.25) is 0 Å². The van der Waals surface area contributed by atoms with Crippen LogP contribution >= 0.6 is 0 Å². The molecule has 8 heteroatoms. The van der Waals surface area contributed by atoms with Gasteiger partial charge in [-0.25, -0.2) is 0 Å². The van der Waals surface area contributed by atoms with Crippen LogP contribution in [0.25, 0.3) is 11.3 Å². The fourth-order valence-electron chi connectivity index (χ4n) is 1.70. The molecule has 0 saturated carbocycles. The summed E-state index contributed by atoms with van der Waals surface area (Å²) in [5.41, 5.74) is -0.155. The molecule has 99 valence electrons. The molecule has 0 atom stereocenters. The predicted octanol–water partition coefficient (Wildman–Crippen LogP) is 2.01. The number of aromatic nitrogens is 2. The second-order valence-corrected chi connectivity index (χ2v) is 3.77. The van der Waals surface area contributed by atoms with Crippen LogP contribution in [0.1, 0.15) is 5.56 Å². The smallest absolute Gasteiger partial charge is 0.537 e. The van der Waals surface area contributed by atoms with Crippen LogP contribution in [-0.2, 0) is 13.2 Å². The van der Waals surface area contributed by atoms with Gasteiger partial charge in [0, 0.05) is 18.8 Å². The molecule has 2 aromatic rings. The van der Waals surface area contributed by atoms with E-state index in [-0.39, 0.29) is 11.3 Å². The standard InChI is InChI=1S/C11H9BF3N2O2/c1-17-9(4-5-16-17)8-6-7(11(13,14)15)2-3-10(8)19-12-18/h2-6,18H,1H3. The average molecular weight is 269 g/mol. The van der Waals surface area contributed by atoms with Crippen LogP contribution in [0.4, 0.5) is 13.2 Å². The summed E-state index contributed by atoms with van der Waals surface area (Å²) in [4.78, 5) is 0. The van der Waals surface area contributed by atoms with Gasteiger partial charge in [0.2, 0.25) is 0 Å². The van der Waals surface area contributed by atoms with Crippen molar-refractivity contribution in [1.29, 1.82) is 0 Å². The molecular weight excluding hydrogens is 260 g/mol. The molecule has 0 bridgehead atoms. The Morgan fingerprint density at radius 3 is 2.58 bits per heavy atom. The van der Waals surface area contributed by atoms with Crippen LogP contribution in [0, 0.1) is 0 Å². The maximum Gasteiger partial charge on any atom is 0.569 e. The number of aryl methyl sites for hydroxylation is 1. The highest BCUT2D eigenvalue weighted by Crippen LogP contribution is 2.36. The first kappa shape index (κ1) is 13.5. The topological polar surface area (TPSA) is 47.3 Å². The lowest BCUT2D eigenvalue weighted by Gasteiger charge is -2.13. The van der Waals surface area contributed by atoms with Gasteiger partial charge >= 0.3 is 13.9 Å². The molecule has 19 heavy (non-hydrogen) atoms. The zero-order chi connectivity index (χ0) is 14.0. The highest BCUT2D eigenvalue weighted by molar-refractivity contribution is 6.17. The SMILES string of the molecule is Cn1nccc1-c1cc(C(F)(F)F)ccc1O[B]O. The summed E-state index contributed by atoms with van der Waals surface area (Å²) in [5, 5.41) is 12.5. The van der Waals surface area contributed by atoms with Gasteiger partial charge in [-0.15, -0.1) is 0 Å². The van der Waals surface area contributed by atoms with Gasteiger partial charge < -0.3 is 9.68 Å². The number of hydrogen-bond donors (Lipinski definition) is 1. The van der Waals surface area contributed by atoms with Gasteiger partial charge in [0.15, 0.2) is 0 Å². The van der Waals surface area contributed by atoms with E-state index in [1.807, 2.05) is 0 Å². The summed E-state index contributed by atoms with van der Waals surface area (Å²) in [7, 11) is 2.02. The molecule has 0 amide bonds. The number of benzene rings is 1. The van der Waals surface area contributed by atoms with E-state index >= 15 is 0 Å². The quantitative estimate of drug-likeness (QED) is 0.867. The lowest BCUT2D eigenvalue weighted by molar-refractivity contribution is -0.137. The van der Waals surface area contributed by atoms with Crippen molar-refractivity contribution in [1.82, 2.24) is 9.78 Å². The van der Waals surface area contributed by atoms with E-state index in [0.717, 1.165) is 18.2 Å². The Hall–Kier alpha value is -1.96. The minimum atomic E-state index is -4.45. The Bertz CT molecular complexity index is 584. The molecule has 2 rings (SSSR count). The third kappa shape index (κ3) is 2.73. The van der Waals surface area contributed by atoms with Gasteiger partial charge in [-0.1, -0.05) is 0 Å². The molecule has 0 saturated heterocycles. The first-order chi connectivity index (χ1) is 8.93. The summed E-state index contributed by atoms with van der Waals surface area (Å²) in [6.07, 6.45) is -2.99. The fourth-order valence-corrected chi connectivity index (χ4v) is 1.70. The van der Waals surface area contributed by atoms with E-state index < -0.39 is 11.7 Å². The van der Waals surface area contributed by atoms with Gasteiger partial charge in [0.05, 0.1) is 11.3 Å². The largest absolute Gasteiger partial charge is 0.569 e. The second-order valence-electron chi connectivity index (χ2n) is 3.77. The van der Waals surface area contributed by atoms with E-state index in [2.05, 4.69) is 5.10 Å². The number of hydrogen-bond acceptors (Lipinski definition) is 3. The molecule has 0 spiro atoms. The number of alkyl halides is 3. The molecule has 0 aliphatic heterocycles. The van der Waals surface area contributed by atoms with Gasteiger partial charge in [0.1, 0.15) is 5.75 Å². The lowest BCUT2D eigenvalue weighted by atomic mass is 10.1. The van der Waals surface area contributed by atoms with E-state index in [1.54, 1.807) is 13.1 Å². The van der Waals surface area contributed by atoms with Crippen molar-refractivity contribution >= 4 is 7.69 Å². The zero-order valence-electron chi connectivity index (χ0n) is 9.85. The van der Waals surface area contributed by atoms with Crippen molar-refractivity contribution in [3.8, 4) is 17.0 Å². The van der Waals surface area contributed by atoms with Gasteiger partial charge in [-0.2, -0.15) is 18.3 Å². The maximum absolute atomic E-state index is 12.7. The molecule has 1 heterocycles. The molecule has 1 aromatic carbocycles. The molecule has 0 aliphatic rings. The van der Waals surface area contributed by atoms with Crippen LogP contribution in [0.15, 0.2) is 30.5 Å². The monoisotopic (exact) mass is 269 g/mol. The lowest BCUT2D eigenvalue weighted by Crippen LogP contribution is -2.08. The highest BCUT2D eigenvalue weighted by atomic mass is 19.4. The molecular formula is C11H9BF3N2O2. The summed E-state index contributed by atoms with van der Waals surface area (Å²) in [6, 6.07) is 4.55. The van der Waals surface area contributed by atoms with Crippen LogP contribution in [0.3, 0.4) is 0 Å². The molecule has 4 nitrogen and oxygen atoms in total. The summed E-state index contributed by atoms with van der Waals surface area (Å²) in [5.74, 6) is 0.110. The summed E-state index contributed by atoms with van der Waals surface area (Å²) in [6.45, 7) is 0. The van der Waals surface area contributed by atoms with E-state index in [4.69, 9.17) is 9.68 Å². The third-order valence-electron chi connectivity index (χ3n) is 2.58. The molecule has 1 aromatic heterocycles. The predicted molar refractivity (Wildman–Crippen MR) is 62.2 cm³/mol. The highest BCUT2D eigenvalue weighted by Gasteiger charge is 2.31. The Balaban J connectivity index is 2.58. The van der Waals surface area contributed by atoms with Crippen molar-refractivity contribution in [2.45, 2.75) is 6.18 Å². The van der Waals surface area contributed by atoms with Crippen molar-refractivity contribution < 1.29 is 22.8 Å². The van der Waals surface area contributed by atoms with Crippen molar-refractivity contribution in [3.05, 3.63) is 36.0 Å². The van der Waals surface area contributed by atoms with Crippen LogP contribution < -0.4 is 4.65 Å². The Labute approximate surface area is 107 Å². The zero-order valence-corrected chi connectivity index (χ0v) is 9.85. The Morgan fingerprint density at radius 2 is 2.05 bits per heavy atom. The van der Waals surface area contributed by atoms with Crippen molar-refractivity contribution in [2.24, 2.45) is 7.05 Å². The molecule has 0 fully saturated rings. The third-order valence-corrected chi connectivity index (χ3v) is 2.58. The minimum Gasteiger partial charge on any atom is -0.537 e. The normalized spacial score (nSPS) is 11.4. The maximum atomic E-state index is 12.7. The molecule has 1 radical (unpaired) electrons. The van der Waals surface area contributed by atoms with E-state index in [9.17, 15) is 13.2 Å². The summed E-state index contributed by atoms with van der Waals surface area (Å²) < 4.78 is 44.3. The number of halogens is 3. The van der Waals surface area contributed by atoms with Gasteiger partial charge in [-0.3, -0.25) is 4.68 Å². The summed E-state index contributed by atoms with van der Waals surface area (Å²) >= 11 is 0. The van der Waals surface area contributed by atoms with Crippen molar-refractivity contribution in [2.75, 3.05) is 0 Å². The number of rotatable bonds is 3. The Kier molecular flexibility index (Phi) is 3.52.